The zero-order chi connectivity index (χ0) is 15.3. The first-order valence-corrected chi connectivity index (χ1v) is 6.62. The summed E-state index contributed by atoms with van der Waals surface area (Å²) >= 11 is 3.33. The van der Waals surface area contributed by atoms with E-state index in [-0.39, 0.29) is 18.6 Å². The molecule has 0 aliphatic carbocycles. The molecule has 0 fully saturated rings. The molecule has 0 amide bonds. The van der Waals surface area contributed by atoms with Crippen LogP contribution in [0.1, 0.15) is 34.8 Å². The Morgan fingerprint density at radius 2 is 2.05 bits per heavy atom. The van der Waals surface area contributed by atoms with E-state index in [0.29, 0.717) is 27.6 Å². The first-order valence-electron chi connectivity index (χ1n) is 5.83. The van der Waals surface area contributed by atoms with Gasteiger partial charge < -0.3 is 20.3 Å². The van der Waals surface area contributed by atoms with Gasteiger partial charge in [-0.2, -0.15) is 0 Å². The fourth-order valence-corrected chi connectivity index (χ4v) is 2.63. The highest BCUT2D eigenvalue weighted by Crippen LogP contribution is 2.42. The van der Waals surface area contributed by atoms with E-state index in [1.165, 1.54) is 14.2 Å². The number of hydrogen-bond donors (Lipinski definition) is 2. The summed E-state index contributed by atoms with van der Waals surface area (Å²) in [6.07, 6.45) is 0.834. The Morgan fingerprint density at radius 3 is 2.50 bits per heavy atom. The molecule has 0 saturated carbocycles. The number of nitrogens with two attached hydrogens (primary N) is 1. The van der Waals surface area contributed by atoms with Crippen LogP contribution in [-0.4, -0.2) is 31.6 Å². The van der Waals surface area contributed by atoms with Gasteiger partial charge in [-0.05, 0) is 12.5 Å². The van der Waals surface area contributed by atoms with Gasteiger partial charge in [0, 0.05) is 22.5 Å². The van der Waals surface area contributed by atoms with Gasteiger partial charge in [0.1, 0.15) is 0 Å². The molecule has 0 heterocycles. The summed E-state index contributed by atoms with van der Waals surface area (Å²) in [5.74, 6) is -0.305. The fraction of sp³-hybridized carbons (Fsp3) is 0.385. The van der Waals surface area contributed by atoms with Gasteiger partial charge in [0.2, 0.25) is 0 Å². The molecular weight excluding hydrogens is 330 g/mol. The lowest BCUT2D eigenvalue weighted by atomic mass is 9.99. The highest BCUT2D eigenvalue weighted by molar-refractivity contribution is 9.10. The maximum atomic E-state index is 11.0. The van der Waals surface area contributed by atoms with Crippen LogP contribution in [0, 0.1) is 0 Å². The van der Waals surface area contributed by atoms with Gasteiger partial charge in [0.25, 0.3) is 0 Å². The molecule has 1 aromatic rings. The number of carboxylic acids is 1. The summed E-state index contributed by atoms with van der Waals surface area (Å²) in [5, 5.41) is 8.72. The summed E-state index contributed by atoms with van der Waals surface area (Å²) in [5.41, 5.74) is 6.92. The largest absolute Gasteiger partial charge is 0.492 e. The van der Waals surface area contributed by atoms with Crippen LogP contribution in [0.3, 0.4) is 0 Å². The van der Waals surface area contributed by atoms with Crippen LogP contribution in [0.4, 0.5) is 0 Å². The van der Waals surface area contributed by atoms with Crippen molar-refractivity contribution in [2.24, 2.45) is 5.73 Å². The summed E-state index contributed by atoms with van der Waals surface area (Å²) < 4.78 is 11.0. The van der Waals surface area contributed by atoms with E-state index < -0.39 is 12.0 Å². The lowest BCUT2D eigenvalue weighted by molar-refractivity contribution is -0.137. The van der Waals surface area contributed by atoms with Crippen LogP contribution in [0.15, 0.2) is 10.5 Å². The molecule has 0 spiro atoms. The molecule has 0 aliphatic heterocycles. The van der Waals surface area contributed by atoms with Crippen LogP contribution < -0.4 is 15.2 Å². The van der Waals surface area contributed by atoms with Gasteiger partial charge in [-0.15, -0.1) is 0 Å². The average Bonchev–Trinajstić information content (AvgIpc) is 2.42. The van der Waals surface area contributed by atoms with Crippen LogP contribution in [-0.2, 0) is 4.79 Å². The number of benzene rings is 1. The van der Waals surface area contributed by atoms with Gasteiger partial charge in [-0.25, -0.2) is 0 Å². The third-order valence-corrected chi connectivity index (χ3v) is 3.48. The van der Waals surface area contributed by atoms with Crippen molar-refractivity contribution >= 4 is 28.2 Å². The number of hydrogen-bond acceptors (Lipinski definition) is 5. The van der Waals surface area contributed by atoms with Gasteiger partial charge in [0.15, 0.2) is 17.8 Å². The second-order valence-electron chi connectivity index (χ2n) is 4.08. The first-order chi connectivity index (χ1) is 9.46. The van der Waals surface area contributed by atoms with Crippen molar-refractivity contribution in [3.05, 3.63) is 21.7 Å². The summed E-state index contributed by atoms with van der Waals surface area (Å²) in [6.45, 7) is 0. The van der Waals surface area contributed by atoms with Crippen molar-refractivity contribution in [3.63, 3.8) is 0 Å². The van der Waals surface area contributed by atoms with E-state index in [1.807, 2.05) is 0 Å². The second kappa shape index (κ2) is 7.25. The van der Waals surface area contributed by atoms with E-state index >= 15 is 0 Å². The maximum absolute atomic E-state index is 11.0. The number of methoxy groups -OCH3 is 2. The summed E-state index contributed by atoms with van der Waals surface area (Å²) in [4.78, 5) is 21.7. The van der Waals surface area contributed by atoms with Crippen molar-refractivity contribution in [3.8, 4) is 11.5 Å². The molecule has 0 aromatic heterocycles. The second-order valence-corrected chi connectivity index (χ2v) is 4.94. The molecule has 1 rings (SSSR count). The molecule has 0 radical (unpaired) electrons. The topological polar surface area (TPSA) is 98.9 Å². The Bertz CT molecular complexity index is 518. The monoisotopic (exact) mass is 345 g/mol. The van der Waals surface area contributed by atoms with Gasteiger partial charge in [-0.3, -0.25) is 9.59 Å². The lowest BCUT2D eigenvalue weighted by Gasteiger charge is -2.20. The van der Waals surface area contributed by atoms with Crippen molar-refractivity contribution in [2.45, 2.75) is 18.9 Å². The van der Waals surface area contributed by atoms with Crippen molar-refractivity contribution in [1.29, 1.82) is 0 Å². The predicted octanol–water partition coefficient (Wildman–Crippen LogP) is 2.14. The number of ether oxygens (including phenoxy) is 2. The van der Waals surface area contributed by atoms with E-state index in [4.69, 9.17) is 20.3 Å². The van der Waals surface area contributed by atoms with Crippen molar-refractivity contribution in [1.82, 2.24) is 0 Å². The number of carboxylic acid groups (broad SMARTS) is 1. The quantitative estimate of drug-likeness (QED) is 0.734. The Morgan fingerprint density at radius 1 is 1.45 bits per heavy atom. The normalized spacial score (nSPS) is 11.8. The average molecular weight is 346 g/mol. The highest BCUT2D eigenvalue weighted by Gasteiger charge is 2.23. The fourth-order valence-electron chi connectivity index (χ4n) is 1.91. The molecule has 0 bridgehead atoms. The third kappa shape index (κ3) is 3.49. The van der Waals surface area contributed by atoms with Gasteiger partial charge in [-0.1, -0.05) is 15.9 Å². The van der Waals surface area contributed by atoms with Crippen LogP contribution in [0.5, 0.6) is 11.5 Å². The molecule has 20 heavy (non-hydrogen) atoms. The molecule has 6 nitrogen and oxygen atoms in total. The molecule has 3 N–H and O–H groups in total. The number of aliphatic carboxylic acids is 1. The van der Waals surface area contributed by atoms with Crippen molar-refractivity contribution < 1.29 is 24.2 Å². The highest BCUT2D eigenvalue weighted by atomic mass is 79.9. The Kier molecular flexibility index (Phi) is 5.97. The molecule has 1 aromatic carbocycles. The zero-order valence-corrected chi connectivity index (χ0v) is 12.8. The number of rotatable bonds is 7. The number of carbonyl (C=O) groups is 2. The minimum atomic E-state index is -0.924. The minimum Gasteiger partial charge on any atom is -0.492 e. The smallest absolute Gasteiger partial charge is 0.303 e. The Balaban J connectivity index is 3.30. The van der Waals surface area contributed by atoms with Gasteiger partial charge >= 0.3 is 5.97 Å². The molecule has 7 heteroatoms. The van der Waals surface area contributed by atoms with Crippen LogP contribution in [0.25, 0.3) is 0 Å². The van der Waals surface area contributed by atoms with E-state index in [2.05, 4.69) is 15.9 Å². The molecule has 0 aliphatic rings. The standard InChI is InChI=1S/C13H16BrNO5/c1-19-12-7(6-16)5-8(14)11(13(12)20-2)9(15)3-4-10(17)18/h5-6,9H,3-4,15H2,1-2H3,(H,17,18). The molecular formula is C13H16BrNO5. The first kappa shape index (κ1) is 16.5. The van der Waals surface area contributed by atoms with E-state index in [9.17, 15) is 9.59 Å². The summed E-state index contributed by atoms with van der Waals surface area (Å²) in [6, 6.07) is 1.02. The number of aldehydes is 1. The third-order valence-electron chi connectivity index (χ3n) is 2.83. The molecule has 0 saturated heterocycles. The summed E-state index contributed by atoms with van der Waals surface area (Å²) in [7, 11) is 2.86. The molecule has 1 unspecified atom stereocenters. The Hall–Kier alpha value is -1.60. The van der Waals surface area contributed by atoms with E-state index in [0.717, 1.165) is 0 Å². The van der Waals surface area contributed by atoms with Crippen molar-refractivity contribution in [2.75, 3.05) is 14.2 Å². The van der Waals surface area contributed by atoms with Crippen LogP contribution in [0.2, 0.25) is 0 Å². The predicted molar refractivity (Wildman–Crippen MR) is 76.4 cm³/mol. The number of halogens is 1. The molecule has 110 valence electrons. The SMILES string of the molecule is COc1c(C=O)cc(Br)c(C(N)CCC(=O)O)c1OC. The maximum Gasteiger partial charge on any atom is 0.303 e. The number of carbonyl (C=O) groups excluding carboxylic acids is 1. The van der Waals surface area contributed by atoms with Gasteiger partial charge in [0.05, 0.1) is 19.8 Å². The molecule has 1 atom stereocenters. The zero-order valence-electron chi connectivity index (χ0n) is 11.2. The Labute approximate surface area is 125 Å². The van der Waals surface area contributed by atoms with E-state index in [1.54, 1.807) is 6.07 Å². The minimum absolute atomic E-state index is 0.0610. The van der Waals surface area contributed by atoms with Crippen LogP contribution >= 0.6 is 15.9 Å². The lowest BCUT2D eigenvalue weighted by Crippen LogP contribution is -2.15.